The van der Waals surface area contributed by atoms with E-state index in [-0.39, 0.29) is 5.15 Å². The molecule has 90 valence electrons. The van der Waals surface area contributed by atoms with Crippen molar-refractivity contribution in [3.05, 3.63) is 34.7 Å². The van der Waals surface area contributed by atoms with E-state index in [1.807, 2.05) is 6.07 Å². The summed E-state index contributed by atoms with van der Waals surface area (Å²) in [6.45, 7) is 0. The summed E-state index contributed by atoms with van der Waals surface area (Å²) in [7, 11) is 0. The fourth-order valence-electron chi connectivity index (χ4n) is 1.47. The van der Waals surface area contributed by atoms with Gasteiger partial charge in [-0.2, -0.15) is 8.75 Å². The number of hydrogen-bond acceptors (Lipinski definition) is 6. The summed E-state index contributed by atoms with van der Waals surface area (Å²) in [6.07, 6.45) is 3.06. The van der Waals surface area contributed by atoms with Crippen LogP contribution < -0.4 is 5.32 Å². The fraction of sp³-hybridized carbons (Fsp3) is 0. The maximum Gasteiger partial charge on any atom is 0.171 e. The number of nitrogens with one attached hydrogen (secondary N) is 1. The van der Waals surface area contributed by atoms with E-state index in [9.17, 15) is 0 Å². The Hall–Kier alpha value is -1.50. The number of rotatable bonds is 2. The molecule has 0 amide bonds. The third-order valence-corrected chi connectivity index (χ3v) is 3.41. The second-order valence-electron chi connectivity index (χ2n) is 3.38. The molecule has 0 aliphatic rings. The highest BCUT2D eigenvalue weighted by Crippen LogP contribution is 2.33. The van der Waals surface area contributed by atoms with Crippen molar-refractivity contribution >= 4 is 57.5 Å². The summed E-state index contributed by atoms with van der Waals surface area (Å²) < 4.78 is 8.35. The predicted molar refractivity (Wildman–Crippen MR) is 72.7 cm³/mol. The van der Waals surface area contributed by atoms with Crippen LogP contribution in [0.5, 0.6) is 0 Å². The van der Waals surface area contributed by atoms with E-state index >= 15 is 0 Å². The van der Waals surface area contributed by atoms with Crippen LogP contribution in [0.3, 0.4) is 0 Å². The number of fused-ring (bicyclic) bond motifs is 1. The van der Waals surface area contributed by atoms with Crippen LogP contribution in [-0.4, -0.2) is 18.7 Å². The van der Waals surface area contributed by atoms with E-state index < -0.39 is 0 Å². The van der Waals surface area contributed by atoms with Crippen molar-refractivity contribution in [1.29, 1.82) is 0 Å². The summed E-state index contributed by atoms with van der Waals surface area (Å²) in [4.78, 5) is 8.03. The van der Waals surface area contributed by atoms with Gasteiger partial charge in [0.05, 0.1) is 22.4 Å². The average molecular weight is 298 g/mol. The van der Waals surface area contributed by atoms with Crippen LogP contribution in [0.2, 0.25) is 10.2 Å². The minimum absolute atomic E-state index is 0.272. The first kappa shape index (κ1) is 11.6. The number of benzene rings is 1. The largest absolute Gasteiger partial charge is 0.335 e. The first-order chi connectivity index (χ1) is 8.75. The van der Waals surface area contributed by atoms with Gasteiger partial charge in [0.1, 0.15) is 11.0 Å². The van der Waals surface area contributed by atoms with Crippen molar-refractivity contribution < 1.29 is 0 Å². The molecule has 1 N–H and O–H groups in total. The van der Waals surface area contributed by atoms with E-state index in [0.717, 1.165) is 17.2 Å². The molecule has 0 aliphatic carbocycles. The maximum absolute atomic E-state index is 6.15. The minimum Gasteiger partial charge on any atom is -0.335 e. The lowest BCUT2D eigenvalue weighted by molar-refractivity contribution is 1.20. The van der Waals surface area contributed by atoms with Gasteiger partial charge in [-0.05, 0) is 12.1 Å². The standard InChI is InChI=1S/C10H5Cl2N5S/c11-5-1-2-6-8(17-18-16-6)7(5)15-10-9(12)13-3-4-14-10/h1-4H,(H,14,15). The van der Waals surface area contributed by atoms with Gasteiger partial charge in [0.15, 0.2) is 11.0 Å². The number of halogens is 2. The molecule has 3 rings (SSSR count). The molecule has 0 fully saturated rings. The number of anilines is 2. The molecule has 0 bridgehead atoms. The molecule has 8 heteroatoms. The molecule has 0 spiro atoms. The van der Waals surface area contributed by atoms with Gasteiger partial charge in [-0.3, -0.25) is 0 Å². The molecule has 0 saturated carbocycles. The highest BCUT2D eigenvalue weighted by molar-refractivity contribution is 7.00. The molecule has 5 nitrogen and oxygen atoms in total. The molecule has 2 heterocycles. The SMILES string of the molecule is Clc1ccc2nsnc2c1Nc1nccnc1Cl. The smallest absolute Gasteiger partial charge is 0.171 e. The van der Waals surface area contributed by atoms with Crippen LogP contribution in [0.1, 0.15) is 0 Å². The van der Waals surface area contributed by atoms with Crippen LogP contribution >= 0.6 is 34.9 Å². The van der Waals surface area contributed by atoms with Gasteiger partial charge in [-0.15, -0.1) is 0 Å². The lowest BCUT2D eigenvalue weighted by atomic mass is 10.2. The van der Waals surface area contributed by atoms with E-state index in [1.54, 1.807) is 12.3 Å². The summed E-state index contributed by atoms with van der Waals surface area (Å²) >= 11 is 13.2. The van der Waals surface area contributed by atoms with Gasteiger partial charge in [0.25, 0.3) is 0 Å². The Morgan fingerprint density at radius 3 is 2.72 bits per heavy atom. The number of nitrogens with zero attached hydrogens (tertiary/aromatic N) is 4. The summed E-state index contributed by atoms with van der Waals surface area (Å²) in [5, 5.41) is 3.83. The third kappa shape index (κ3) is 1.98. The monoisotopic (exact) mass is 297 g/mol. The molecule has 1 aromatic carbocycles. The Morgan fingerprint density at radius 1 is 1.06 bits per heavy atom. The van der Waals surface area contributed by atoms with Crippen molar-refractivity contribution in [1.82, 2.24) is 18.7 Å². The van der Waals surface area contributed by atoms with Gasteiger partial charge in [-0.25, -0.2) is 9.97 Å². The predicted octanol–water partition coefficient (Wildman–Crippen LogP) is 3.53. The summed E-state index contributed by atoms with van der Waals surface area (Å²) in [6, 6.07) is 3.56. The zero-order valence-corrected chi connectivity index (χ0v) is 11.1. The quantitative estimate of drug-likeness (QED) is 0.784. The third-order valence-electron chi connectivity index (χ3n) is 2.27. The van der Waals surface area contributed by atoms with E-state index in [0.29, 0.717) is 22.0 Å². The second-order valence-corrected chi connectivity index (χ2v) is 4.67. The van der Waals surface area contributed by atoms with E-state index in [2.05, 4.69) is 24.0 Å². The van der Waals surface area contributed by atoms with E-state index in [1.165, 1.54) is 6.20 Å². The molecule has 0 atom stereocenters. The van der Waals surface area contributed by atoms with Crippen molar-refractivity contribution in [2.75, 3.05) is 5.32 Å². The zero-order chi connectivity index (χ0) is 12.5. The normalized spacial score (nSPS) is 10.8. The lowest BCUT2D eigenvalue weighted by Gasteiger charge is -2.08. The molecular formula is C10H5Cl2N5S. The minimum atomic E-state index is 0.272. The molecule has 2 aromatic heterocycles. The van der Waals surface area contributed by atoms with Gasteiger partial charge < -0.3 is 5.32 Å². The Labute approximate surface area is 116 Å². The van der Waals surface area contributed by atoms with Crippen molar-refractivity contribution in [2.24, 2.45) is 0 Å². The maximum atomic E-state index is 6.15. The van der Waals surface area contributed by atoms with Crippen LogP contribution in [0.4, 0.5) is 11.5 Å². The topological polar surface area (TPSA) is 63.6 Å². The molecule has 3 aromatic rings. The van der Waals surface area contributed by atoms with Gasteiger partial charge >= 0.3 is 0 Å². The Morgan fingerprint density at radius 2 is 1.89 bits per heavy atom. The van der Waals surface area contributed by atoms with E-state index in [4.69, 9.17) is 23.2 Å². The lowest BCUT2D eigenvalue weighted by Crippen LogP contribution is -1.97. The first-order valence-electron chi connectivity index (χ1n) is 4.90. The number of aromatic nitrogens is 4. The molecular weight excluding hydrogens is 293 g/mol. The van der Waals surface area contributed by atoms with Gasteiger partial charge in [0, 0.05) is 12.4 Å². The Kier molecular flexibility index (Phi) is 2.99. The Bertz CT molecular complexity index is 714. The van der Waals surface area contributed by atoms with Gasteiger partial charge in [0.2, 0.25) is 0 Å². The van der Waals surface area contributed by atoms with Crippen LogP contribution in [-0.2, 0) is 0 Å². The van der Waals surface area contributed by atoms with Crippen LogP contribution in [0.25, 0.3) is 11.0 Å². The first-order valence-corrected chi connectivity index (χ1v) is 6.38. The zero-order valence-electron chi connectivity index (χ0n) is 8.76. The van der Waals surface area contributed by atoms with Crippen molar-refractivity contribution in [3.63, 3.8) is 0 Å². The molecule has 0 aliphatic heterocycles. The van der Waals surface area contributed by atoms with Crippen molar-refractivity contribution in [3.8, 4) is 0 Å². The van der Waals surface area contributed by atoms with Crippen LogP contribution in [0.15, 0.2) is 24.5 Å². The molecule has 18 heavy (non-hydrogen) atoms. The highest BCUT2D eigenvalue weighted by Gasteiger charge is 2.12. The molecule has 0 unspecified atom stereocenters. The molecule has 0 radical (unpaired) electrons. The van der Waals surface area contributed by atoms with Crippen molar-refractivity contribution in [2.45, 2.75) is 0 Å². The number of hydrogen-bond donors (Lipinski definition) is 1. The summed E-state index contributed by atoms with van der Waals surface area (Å²) in [5.74, 6) is 0.432. The van der Waals surface area contributed by atoms with Crippen LogP contribution in [0, 0.1) is 0 Å². The second kappa shape index (κ2) is 4.64. The average Bonchev–Trinajstić information content (AvgIpc) is 2.83. The van der Waals surface area contributed by atoms with Gasteiger partial charge in [-0.1, -0.05) is 23.2 Å². The molecule has 0 saturated heterocycles. The Balaban J connectivity index is 2.12. The highest BCUT2D eigenvalue weighted by atomic mass is 35.5. The summed E-state index contributed by atoms with van der Waals surface area (Å²) in [5.41, 5.74) is 2.09. The fourth-order valence-corrected chi connectivity index (χ4v) is 2.36.